The number of carbonyl (C=O) groups excluding carboxylic acids is 2. The quantitative estimate of drug-likeness (QED) is 0.341. The first-order chi connectivity index (χ1) is 13.6. The molecule has 5 heteroatoms. The predicted octanol–water partition coefficient (Wildman–Crippen LogP) is 4.38. The van der Waals surface area contributed by atoms with Crippen molar-refractivity contribution in [1.82, 2.24) is 4.90 Å². The fourth-order valence-electron chi connectivity index (χ4n) is 3.19. The molecule has 0 bridgehead atoms. The standard InChI is InChI=1S/C23H31NO4/c1-3-28-21-12-9-20(10-13-21)11-14-22(25)24(18-16-23(26)27-2)17-15-19-7-5-4-6-8-19/h7,9-14H,3-6,8,15-18H2,1-2H3/b14-11+. The minimum Gasteiger partial charge on any atom is -0.494 e. The van der Waals surface area contributed by atoms with Crippen LogP contribution in [0.2, 0.25) is 0 Å². The lowest BCUT2D eigenvalue weighted by Gasteiger charge is -2.22. The van der Waals surface area contributed by atoms with Crippen LogP contribution in [0.25, 0.3) is 6.08 Å². The molecule has 0 fully saturated rings. The van der Waals surface area contributed by atoms with Gasteiger partial charge in [0.2, 0.25) is 5.91 Å². The fourth-order valence-corrected chi connectivity index (χ4v) is 3.19. The Bertz CT molecular complexity index is 691. The zero-order valence-electron chi connectivity index (χ0n) is 17.0. The van der Waals surface area contributed by atoms with Gasteiger partial charge in [-0.25, -0.2) is 0 Å². The van der Waals surface area contributed by atoms with Gasteiger partial charge in [0.25, 0.3) is 0 Å². The van der Waals surface area contributed by atoms with Crippen LogP contribution >= 0.6 is 0 Å². The molecule has 0 spiro atoms. The maximum Gasteiger partial charge on any atom is 0.307 e. The fraction of sp³-hybridized carbons (Fsp3) is 0.478. The van der Waals surface area contributed by atoms with Crippen LogP contribution in [0.1, 0.15) is 51.0 Å². The number of hydrogen-bond donors (Lipinski definition) is 0. The van der Waals surface area contributed by atoms with E-state index in [1.807, 2.05) is 31.2 Å². The van der Waals surface area contributed by atoms with E-state index in [2.05, 4.69) is 6.08 Å². The first kappa shape index (κ1) is 21.7. The van der Waals surface area contributed by atoms with E-state index in [1.54, 1.807) is 17.1 Å². The largest absolute Gasteiger partial charge is 0.494 e. The van der Waals surface area contributed by atoms with E-state index in [0.29, 0.717) is 19.7 Å². The summed E-state index contributed by atoms with van der Waals surface area (Å²) < 4.78 is 10.1. The molecular formula is C23H31NO4. The molecule has 1 amide bonds. The summed E-state index contributed by atoms with van der Waals surface area (Å²) in [6.07, 6.45) is 11.4. The second-order valence-electron chi connectivity index (χ2n) is 6.84. The lowest BCUT2D eigenvalue weighted by molar-refractivity contribution is -0.141. The molecule has 0 saturated heterocycles. The van der Waals surface area contributed by atoms with Crippen LogP contribution < -0.4 is 4.74 Å². The van der Waals surface area contributed by atoms with Crippen LogP contribution in [0, 0.1) is 0 Å². The summed E-state index contributed by atoms with van der Waals surface area (Å²) in [6, 6.07) is 7.61. The number of esters is 1. The molecule has 152 valence electrons. The Labute approximate surface area is 168 Å². The van der Waals surface area contributed by atoms with Crippen molar-refractivity contribution >= 4 is 18.0 Å². The predicted molar refractivity (Wildman–Crippen MR) is 111 cm³/mol. The highest BCUT2D eigenvalue weighted by atomic mass is 16.5. The zero-order valence-corrected chi connectivity index (χ0v) is 17.0. The molecule has 0 saturated carbocycles. The molecule has 0 radical (unpaired) electrons. The third-order valence-electron chi connectivity index (χ3n) is 4.82. The molecule has 2 rings (SSSR count). The third-order valence-corrected chi connectivity index (χ3v) is 4.82. The highest BCUT2D eigenvalue weighted by Gasteiger charge is 2.14. The second kappa shape index (κ2) is 12.0. The van der Waals surface area contributed by atoms with Crippen LogP contribution in [0.3, 0.4) is 0 Å². The molecular weight excluding hydrogens is 354 g/mol. The monoisotopic (exact) mass is 385 g/mol. The molecule has 0 aliphatic heterocycles. The minimum atomic E-state index is -0.301. The van der Waals surface area contributed by atoms with Gasteiger partial charge in [0.1, 0.15) is 5.75 Å². The molecule has 1 aromatic carbocycles. The molecule has 0 N–H and O–H groups in total. The molecule has 0 aromatic heterocycles. The van der Waals surface area contributed by atoms with Crippen LogP contribution in [0.5, 0.6) is 5.75 Å². The molecule has 5 nitrogen and oxygen atoms in total. The molecule has 1 aliphatic carbocycles. The average molecular weight is 386 g/mol. The van der Waals surface area contributed by atoms with Gasteiger partial charge in [-0.1, -0.05) is 23.8 Å². The van der Waals surface area contributed by atoms with Crippen molar-refractivity contribution in [1.29, 1.82) is 0 Å². The Hall–Kier alpha value is -2.56. The number of rotatable bonds is 10. The van der Waals surface area contributed by atoms with Crippen LogP contribution in [-0.4, -0.2) is 43.6 Å². The van der Waals surface area contributed by atoms with E-state index in [-0.39, 0.29) is 18.3 Å². The normalized spacial score (nSPS) is 13.9. The van der Waals surface area contributed by atoms with Crippen molar-refractivity contribution in [3.8, 4) is 5.75 Å². The Kier molecular flexibility index (Phi) is 9.32. The molecule has 28 heavy (non-hydrogen) atoms. The van der Waals surface area contributed by atoms with Gasteiger partial charge < -0.3 is 14.4 Å². The van der Waals surface area contributed by atoms with Gasteiger partial charge in [0, 0.05) is 19.2 Å². The zero-order chi connectivity index (χ0) is 20.2. The van der Waals surface area contributed by atoms with Crippen LogP contribution in [0.15, 0.2) is 42.0 Å². The maximum atomic E-state index is 12.7. The summed E-state index contributed by atoms with van der Waals surface area (Å²) in [4.78, 5) is 25.9. The summed E-state index contributed by atoms with van der Waals surface area (Å²) in [5.41, 5.74) is 2.34. The maximum absolute atomic E-state index is 12.7. The van der Waals surface area contributed by atoms with E-state index < -0.39 is 0 Å². The van der Waals surface area contributed by atoms with Gasteiger partial charge in [-0.15, -0.1) is 0 Å². The van der Waals surface area contributed by atoms with Gasteiger partial charge in [0.15, 0.2) is 0 Å². The highest BCUT2D eigenvalue weighted by Crippen LogP contribution is 2.20. The summed E-state index contributed by atoms with van der Waals surface area (Å²) >= 11 is 0. The van der Waals surface area contributed by atoms with Crippen LogP contribution in [-0.2, 0) is 14.3 Å². The average Bonchev–Trinajstić information content (AvgIpc) is 2.73. The van der Waals surface area contributed by atoms with Crippen molar-refractivity contribution in [2.75, 3.05) is 26.8 Å². The second-order valence-corrected chi connectivity index (χ2v) is 6.84. The number of benzene rings is 1. The van der Waals surface area contributed by atoms with Crippen molar-refractivity contribution in [2.45, 2.75) is 45.4 Å². The Morgan fingerprint density at radius 1 is 1.14 bits per heavy atom. The van der Waals surface area contributed by atoms with Gasteiger partial charge in [0.05, 0.1) is 20.1 Å². The number of amides is 1. The first-order valence-electron chi connectivity index (χ1n) is 10.1. The van der Waals surface area contributed by atoms with Crippen molar-refractivity contribution in [3.05, 3.63) is 47.6 Å². The number of ether oxygens (including phenoxy) is 2. The van der Waals surface area contributed by atoms with E-state index in [4.69, 9.17) is 9.47 Å². The molecule has 0 heterocycles. The Balaban J connectivity index is 1.97. The summed E-state index contributed by atoms with van der Waals surface area (Å²) in [6.45, 7) is 3.56. The summed E-state index contributed by atoms with van der Waals surface area (Å²) in [5, 5.41) is 0. The van der Waals surface area contributed by atoms with Crippen molar-refractivity contribution in [3.63, 3.8) is 0 Å². The van der Waals surface area contributed by atoms with Gasteiger partial charge in [-0.05, 0) is 62.8 Å². The van der Waals surface area contributed by atoms with E-state index in [0.717, 1.165) is 30.6 Å². The summed E-state index contributed by atoms with van der Waals surface area (Å²) in [7, 11) is 1.37. The van der Waals surface area contributed by atoms with Gasteiger partial charge in [-0.2, -0.15) is 0 Å². The molecule has 1 aliphatic rings. The lowest BCUT2D eigenvalue weighted by Crippen LogP contribution is -2.33. The third kappa shape index (κ3) is 7.59. The lowest BCUT2D eigenvalue weighted by atomic mass is 9.97. The number of hydrogen-bond acceptors (Lipinski definition) is 4. The van der Waals surface area contributed by atoms with Gasteiger partial charge in [-0.3, -0.25) is 9.59 Å². The Morgan fingerprint density at radius 2 is 1.93 bits per heavy atom. The number of allylic oxidation sites excluding steroid dienone is 1. The molecule has 0 unspecified atom stereocenters. The molecule has 1 aromatic rings. The number of methoxy groups -OCH3 is 1. The van der Waals surface area contributed by atoms with Crippen molar-refractivity contribution < 1.29 is 19.1 Å². The minimum absolute atomic E-state index is 0.0887. The summed E-state index contributed by atoms with van der Waals surface area (Å²) in [5.74, 6) is 0.422. The van der Waals surface area contributed by atoms with E-state index in [1.165, 1.54) is 25.5 Å². The van der Waals surface area contributed by atoms with Gasteiger partial charge >= 0.3 is 5.97 Å². The highest BCUT2D eigenvalue weighted by molar-refractivity contribution is 5.92. The smallest absolute Gasteiger partial charge is 0.307 e. The first-order valence-corrected chi connectivity index (χ1v) is 10.1. The number of nitrogens with zero attached hydrogens (tertiary/aromatic N) is 1. The van der Waals surface area contributed by atoms with E-state index in [9.17, 15) is 9.59 Å². The Morgan fingerprint density at radius 3 is 2.57 bits per heavy atom. The van der Waals surface area contributed by atoms with Crippen molar-refractivity contribution in [2.24, 2.45) is 0 Å². The topological polar surface area (TPSA) is 55.8 Å². The van der Waals surface area contributed by atoms with Crippen LogP contribution in [0.4, 0.5) is 0 Å². The molecule has 0 atom stereocenters. The number of carbonyl (C=O) groups is 2. The van der Waals surface area contributed by atoms with E-state index >= 15 is 0 Å². The SMILES string of the molecule is CCOc1ccc(/C=C/C(=O)N(CCC(=O)OC)CCC2=CCCCC2)cc1.